The number of hydrogen-bond donors (Lipinski definition) is 1. The third-order valence-electron chi connectivity index (χ3n) is 3.42. The van der Waals surface area contributed by atoms with E-state index in [1.165, 1.54) is 15.4 Å². The van der Waals surface area contributed by atoms with Gasteiger partial charge in [0.1, 0.15) is 0 Å². The van der Waals surface area contributed by atoms with Gasteiger partial charge in [0.05, 0.1) is 12.8 Å². The van der Waals surface area contributed by atoms with Crippen LogP contribution in [0.3, 0.4) is 0 Å². The van der Waals surface area contributed by atoms with Gasteiger partial charge in [0.15, 0.2) is 0 Å². The maximum Gasteiger partial charge on any atom is 0.317 e. The Hall–Kier alpha value is -1.12. The Morgan fingerprint density at radius 3 is 2.67 bits per heavy atom. The van der Waals surface area contributed by atoms with Crippen molar-refractivity contribution in [3.05, 3.63) is 21.9 Å². The van der Waals surface area contributed by atoms with Crippen molar-refractivity contribution in [2.75, 3.05) is 32.4 Å². The zero-order valence-corrected chi connectivity index (χ0v) is 14.0. The molecule has 0 unspecified atom stereocenters. The van der Waals surface area contributed by atoms with E-state index < -0.39 is 10.0 Å². The maximum absolute atomic E-state index is 12.1. The van der Waals surface area contributed by atoms with Crippen LogP contribution in [0, 0.1) is 6.92 Å². The van der Waals surface area contributed by atoms with Crippen molar-refractivity contribution in [3.8, 4) is 0 Å². The molecule has 2 rings (SSSR count). The number of urea groups is 1. The fraction of sp³-hybridized carbons (Fsp3) is 0.615. The Labute approximate surface area is 129 Å². The van der Waals surface area contributed by atoms with E-state index in [1.807, 2.05) is 19.1 Å². The zero-order valence-electron chi connectivity index (χ0n) is 12.3. The molecular formula is C13H21N3O3S2. The first-order chi connectivity index (χ1) is 9.86. The number of nitrogens with zero attached hydrogens (tertiary/aromatic N) is 2. The van der Waals surface area contributed by atoms with Crippen molar-refractivity contribution in [2.24, 2.45) is 0 Å². The SMILES string of the molecule is Cc1ccc(CNC(=O)N2CCCN(S(C)(=O)=O)CC2)s1. The van der Waals surface area contributed by atoms with Crippen LogP contribution in [0.15, 0.2) is 12.1 Å². The Balaban J connectivity index is 1.85. The van der Waals surface area contributed by atoms with Gasteiger partial charge in [-0.2, -0.15) is 0 Å². The molecule has 0 radical (unpaired) electrons. The minimum atomic E-state index is -3.17. The van der Waals surface area contributed by atoms with Gasteiger partial charge in [0, 0.05) is 35.9 Å². The molecule has 0 spiro atoms. The second kappa shape index (κ2) is 6.76. The van der Waals surface area contributed by atoms with E-state index in [2.05, 4.69) is 5.32 Å². The van der Waals surface area contributed by atoms with Crippen molar-refractivity contribution >= 4 is 27.4 Å². The number of carbonyl (C=O) groups excluding carboxylic acids is 1. The lowest BCUT2D eigenvalue weighted by Crippen LogP contribution is -2.42. The van der Waals surface area contributed by atoms with Gasteiger partial charge in [-0.15, -0.1) is 11.3 Å². The summed E-state index contributed by atoms with van der Waals surface area (Å²) in [4.78, 5) is 16.2. The summed E-state index contributed by atoms with van der Waals surface area (Å²) in [5.41, 5.74) is 0. The quantitative estimate of drug-likeness (QED) is 0.906. The van der Waals surface area contributed by atoms with Gasteiger partial charge in [0.25, 0.3) is 0 Å². The molecule has 2 amide bonds. The number of hydrogen-bond acceptors (Lipinski definition) is 4. The van der Waals surface area contributed by atoms with Gasteiger partial charge >= 0.3 is 6.03 Å². The molecule has 0 aliphatic carbocycles. The lowest BCUT2D eigenvalue weighted by atomic mass is 10.4. The average molecular weight is 331 g/mol. The topological polar surface area (TPSA) is 69.7 Å². The second-order valence-corrected chi connectivity index (χ2v) is 8.53. The predicted octanol–water partition coefficient (Wildman–Crippen LogP) is 1.23. The number of carbonyl (C=O) groups is 1. The lowest BCUT2D eigenvalue weighted by molar-refractivity contribution is 0.200. The van der Waals surface area contributed by atoms with Gasteiger partial charge in [-0.3, -0.25) is 0 Å². The molecule has 0 bridgehead atoms. The third kappa shape index (κ3) is 4.69. The molecule has 1 fully saturated rings. The van der Waals surface area contributed by atoms with Gasteiger partial charge in [-0.05, 0) is 25.5 Å². The summed E-state index contributed by atoms with van der Waals surface area (Å²) in [7, 11) is -3.17. The van der Waals surface area contributed by atoms with E-state index in [9.17, 15) is 13.2 Å². The molecule has 1 aliphatic heterocycles. The molecule has 6 nitrogen and oxygen atoms in total. The molecule has 1 aliphatic rings. The molecule has 0 aromatic carbocycles. The van der Waals surface area contributed by atoms with Crippen molar-refractivity contribution < 1.29 is 13.2 Å². The zero-order chi connectivity index (χ0) is 15.5. The largest absolute Gasteiger partial charge is 0.333 e. The monoisotopic (exact) mass is 331 g/mol. The predicted molar refractivity (Wildman–Crippen MR) is 83.9 cm³/mol. The highest BCUT2D eigenvalue weighted by Crippen LogP contribution is 2.14. The van der Waals surface area contributed by atoms with Gasteiger partial charge in [-0.1, -0.05) is 0 Å². The number of nitrogens with one attached hydrogen (secondary N) is 1. The molecular weight excluding hydrogens is 310 g/mol. The first-order valence-corrected chi connectivity index (χ1v) is 9.56. The summed E-state index contributed by atoms with van der Waals surface area (Å²) in [6.45, 7) is 4.41. The molecule has 1 aromatic rings. The fourth-order valence-electron chi connectivity index (χ4n) is 2.28. The van der Waals surface area contributed by atoms with Gasteiger partial charge in [-0.25, -0.2) is 17.5 Å². The minimum absolute atomic E-state index is 0.128. The van der Waals surface area contributed by atoms with Crippen LogP contribution in [0.25, 0.3) is 0 Å². The van der Waals surface area contributed by atoms with Crippen LogP contribution in [0.5, 0.6) is 0 Å². The van der Waals surface area contributed by atoms with Crippen molar-refractivity contribution in [3.63, 3.8) is 0 Å². The lowest BCUT2D eigenvalue weighted by Gasteiger charge is -2.21. The van der Waals surface area contributed by atoms with Crippen molar-refractivity contribution in [1.29, 1.82) is 0 Å². The summed E-state index contributed by atoms with van der Waals surface area (Å²) in [5.74, 6) is 0. The molecule has 0 atom stereocenters. The third-order valence-corrected chi connectivity index (χ3v) is 5.72. The van der Waals surface area contributed by atoms with Crippen molar-refractivity contribution in [2.45, 2.75) is 19.9 Å². The highest BCUT2D eigenvalue weighted by Gasteiger charge is 2.23. The molecule has 2 heterocycles. The van der Waals surface area contributed by atoms with E-state index in [4.69, 9.17) is 0 Å². The fourth-order valence-corrected chi connectivity index (χ4v) is 3.99. The summed E-state index contributed by atoms with van der Waals surface area (Å²) < 4.78 is 24.5. The standard InChI is InChI=1S/C13H21N3O3S2/c1-11-4-5-12(20-11)10-14-13(17)15-6-3-7-16(9-8-15)21(2,18)19/h4-5H,3,6-10H2,1-2H3,(H,14,17). The minimum Gasteiger partial charge on any atom is -0.333 e. The number of rotatable bonds is 3. The molecule has 1 aromatic heterocycles. The average Bonchev–Trinajstić information content (AvgIpc) is 2.66. The van der Waals surface area contributed by atoms with Crippen LogP contribution in [0.2, 0.25) is 0 Å². The van der Waals surface area contributed by atoms with E-state index in [0.717, 1.165) is 4.88 Å². The van der Waals surface area contributed by atoms with E-state index in [0.29, 0.717) is 39.1 Å². The number of amides is 2. The normalized spacial score (nSPS) is 17.5. The van der Waals surface area contributed by atoms with Crippen LogP contribution in [-0.4, -0.2) is 56.1 Å². The van der Waals surface area contributed by atoms with Crippen LogP contribution in [-0.2, 0) is 16.6 Å². The van der Waals surface area contributed by atoms with Crippen LogP contribution >= 0.6 is 11.3 Å². The van der Waals surface area contributed by atoms with Crippen LogP contribution in [0.1, 0.15) is 16.2 Å². The first-order valence-electron chi connectivity index (χ1n) is 6.89. The highest BCUT2D eigenvalue weighted by atomic mass is 32.2. The molecule has 21 heavy (non-hydrogen) atoms. The van der Waals surface area contributed by atoms with Gasteiger partial charge in [0.2, 0.25) is 10.0 Å². The first kappa shape index (κ1) is 16.3. The van der Waals surface area contributed by atoms with Crippen LogP contribution in [0.4, 0.5) is 4.79 Å². The summed E-state index contributed by atoms with van der Waals surface area (Å²) in [6.07, 6.45) is 1.88. The van der Waals surface area contributed by atoms with Crippen LogP contribution < -0.4 is 5.32 Å². The number of aryl methyl sites for hydroxylation is 1. The smallest absolute Gasteiger partial charge is 0.317 e. The summed E-state index contributed by atoms with van der Waals surface area (Å²) in [5, 5.41) is 2.89. The Kier molecular flexibility index (Phi) is 5.23. The Morgan fingerprint density at radius 1 is 1.29 bits per heavy atom. The molecule has 0 saturated carbocycles. The van der Waals surface area contributed by atoms with E-state index in [1.54, 1.807) is 16.2 Å². The van der Waals surface area contributed by atoms with Crippen molar-refractivity contribution in [1.82, 2.24) is 14.5 Å². The molecule has 1 saturated heterocycles. The Morgan fingerprint density at radius 2 is 2.05 bits per heavy atom. The summed E-state index contributed by atoms with van der Waals surface area (Å²) >= 11 is 1.66. The maximum atomic E-state index is 12.1. The van der Waals surface area contributed by atoms with E-state index >= 15 is 0 Å². The summed E-state index contributed by atoms with van der Waals surface area (Å²) in [6, 6.07) is 3.91. The number of thiophene rings is 1. The highest BCUT2D eigenvalue weighted by molar-refractivity contribution is 7.88. The molecule has 1 N–H and O–H groups in total. The Bertz CT molecular complexity index is 598. The number of sulfonamides is 1. The van der Waals surface area contributed by atoms with Gasteiger partial charge < -0.3 is 10.2 Å². The molecule has 118 valence electrons. The molecule has 8 heteroatoms. The second-order valence-electron chi connectivity index (χ2n) is 5.17. The van der Waals surface area contributed by atoms with E-state index in [-0.39, 0.29) is 6.03 Å².